The van der Waals surface area contributed by atoms with E-state index in [0.29, 0.717) is 11.3 Å². The Bertz CT molecular complexity index is 1370. The highest BCUT2D eigenvalue weighted by atomic mass is 79.9. The molecule has 0 bridgehead atoms. The predicted octanol–water partition coefficient (Wildman–Crippen LogP) is 5.49. The van der Waals surface area contributed by atoms with Gasteiger partial charge in [0.15, 0.2) is 0 Å². The van der Waals surface area contributed by atoms with E-state index in [-0.39, 0.29) is 17.0 Å². The van der Waals surface area contributed by atoms with Crippen molar-refractivity contribution in [2.75, 3.05) is 10.5 Å². The zero-order chi connectivity index (χ0) is 21.5. The van der Waals surface area contributed by atoms with Gasteiger partial charge in [-0.3, -0.25) is 9.29 Å². The highest BCUT2D eigenvalue weighted by molar-refractivity contribution is 9.10. The van der Waals surface area contributed by atoms with Gasteiger partial charge >= 0.3 is 0 Å². The molecular formula is C21H16BrF2N3O2S. The first-order valence-electron chi connectivity index (χ1n) is 9.00. The Kier molecular flexibility index (Phi) is 5.33. The average molecular weight is 492 g/mol. The van der Waals surface area contributed by atoms with Crippen molar-refractivity contribution >= 4 is 42.7 Å². The van der Waals surface area contributed by atoms with Gasteiger partial charge in [-0.25, -0.2) is 22.2 Å². The zero-order valence-electron chi connectivity index (χ0n) is 15.7. The molecule has 5 nitrogen and oxygen atoms in total. The van der Waals surface area contributed by atoms with Crippen molar-refractivity contribution in [3.05, 3.63) is 77.0 Å². The number of halogens is 3. The fourth-order valence-electron chi connectivity index (χ4n) is 3.13. The minimum atomic E-state index is -3.56. The van der Waals surface area contributed by atoms with Gasteiger partial charge in [0.05, 0.1) is 22.5 Å². The fourth-order valence-corrected chi connectivity index (χ4v) is 4.10. The van der Waals surface area contributed by atoms with Crippen molar-refractivity contribution in [1.82, 2.24) is 9.55 Å². The number of benzene rings is 3. The summed E-state index contributed by atoms with van der Waals surface area (Å²) in [6.45, 7) is 1.52. The molecule has 1 N–H and O–H groups in total. The summed E-state index contributed by atoms with van der Waals surface area (Å²) in [5, 5.41) is 0. The van der Waals surface area contributed by atoms with Crippen LogP contribution in [0, 0.1) is 11.6 Å². The van der Waals surface area contributed by atoms with Crippen LogP contribution in [0.4, 0.5) is 14.5 Å². The molecule has 0 aliphatic heterocycles. The lowest BCUT2D eigenvalue weighted by molar-refractivity contribution is 0.585. The third kappa shape index (κ3) is 4.08. The second-order valence-corrected chi connectivity index (χ2v) is 9.57. The van der Waals surface area contributed by atoms with Crippen LogP contribution in [0.1, 0.15) is 6.92 Å². The molecule has 9 heteroatoms. The molecule has 0 atom stereocenters. The Hall–Kier alpha value is -2.78. The van der Waals surface area contributed by atoms with Crippen molar-refractivity contribution in [2.45, 2.75) is 6.92 Å². The summed E-state index contributed by atoms with van der Waals surface area (Å²) in [6.07, 6.45) is 1.61. The molecule has 0 radical (unpaired) electrons. The summed E-state index contributed by atoms with van der Waals surface area (Å²) >= 11 is 3.41. The molecule has 154 valence electrons. The molecule has 30 heavy (non-hydrogen) atoms. The van der Waals surface area contributed by atoms with Gasteiger partial charge in [0.25, 0.3) is 0 Å². The van der Waals surface area contributed by atoms with Crippen molar-refractivity contribution < 1.29 is 17.2 Å². The summed E-state index contributed by atoms with van der Waals surface area (Å²) in [4.78, 5) is 4.38. The van der Waals surface area contributed by atoms with Crippen LogP contribution in [0.15, 0.2) is 65.4 Å². The number of imidazole rings is 1. The van der Waals surface area contributed by atoms with Crippen molar-refractivity contribution in [3.63, 3.8) is 0 Å². The first kappa shape index (κ1) is 20.5. The van der Waals surface area contributed by atoms with Crippen LogP contribution in [0.25, 0.3) is 27.8 Å². The molecule has 0 aliphatic carbocycles. The minimum Gasteiger partial charge on any atom is -0.299 e. The van der Waals surface area contributed by atoms with Crippen LogP contribution in [-0.4, -0.2) is 23.7 Å². The number of fused-ring (bicyclic) bond motifs is 1. The summed E-state index contributed by atoms with van der Waals surface area (Å²) in [6, 6.07) is 13.7. The van der Waals surface area contributed by atoms with Crippen LogP contribution >= 0.6 is 15.9 Å². The fraction of sp³-hybridized carbons (Fsp3) is 0.0952. The molecule has 0 spiro atoms. The maximum atomic E-state index is 14.4. The van der Waals surface area contributed by atoms with Gasteiger partial charge in [-0.2, -0.15) is 0 Å². The SMILES string of the molecule is CCS(=O)(=O)Nc1cc(-c2ccc(F)cc2F)cc(-n2cnc3cc(Br)ccc32)c1. The van der Waals surface area contributed by atoms with E-state index in [2.05, 4.69) is 25.6 Å². The maximum absolute atomic E-state index is 14.4. The molecule has 4 rings (SSSR count). The number of nitrogens with zero attached hydrogens (tertiary/aromatic N) is 2. The van der Waals surface area contributed by atoms with Crippen molar-refractivity contribution in [2.24, 2.45) is 0 Å². The molecule has 1 aromatic heterocycles. The Morgan fingerprint density at radius 2 is 1.87 bits per heavy atom. The molecular weight excluding hydrogens is 476 g/mol. The third-order valence-electron chi connectivity index (χ3n) is 4.60. The van der Waals surface area contributed by atoms with Crippen molar-refractivity contribution in [3.8, 4) is 16.8 Å². The average Bonchev–Trinajstić information content (AvgIpc) is 3.10. The number of hydrogen-bond donors (Lipinski definition) is 1. The second kappa shape index (κ2) is 7.81. The van der Waals surface area contributed by atoms with E-state index in [1.165, 1.54) is 19.1 Å². The summed E-state index contributed by atoms with van der Waals surface area (Å²) < 4.78 is 57.2. The number of rotatable bonds is 5. The summed E-state index contributed by atoms with van der Waals surface area (Å²) in [7, 11) is -3.56. The normalized spacial score (nSPS) is 11.7. The van der Waals surface area contributed by atoms with Crippen LogP contribution in [0.2, 0.25) is 0 Å². The molecule has 0 unspecified atom stereocenters. The summed E-state index contributed by atoms with van der Waals surface area (Å²) in [5.41, 5.74) is 2.93. The maximum Gasteiger partial charge on any atom is 0.232 e. The lowest BCUT2D eigenvalue weighted by Gasteiger charge is -2.13. The third-order valence-corrected chi connectivity index (χ3v) is 6.40. The topological polar surface area (TPSA) is 64.0 Å². The van der Waals surface area contributed by atoms with Crippen LogP contribution in [0.5, 0.6) is 0 Å². The Morgan fingerprint density at radius 1 is 1.07 bits per heavy atom. The predicted molar refractivity (Wildman–Crippen MR) is 117 cm³/mol. The lowest BCUT2D eigenvalue weighted by atomic mass is 10.0. The first-order valence-corrected chi connectivity index (χ1v) is 11.4. The molecule has 0 saturated carbocycles. The van der Waals surface area contributed by atoms with E-state index in [1.54, 1.807) is 23.0 Å². The Morgan fingerprint density at radius 3 is 2.60 bits per heavy atom. The molecule has 0 aliphatic rings. The molecule has 0 fully saturated rings. The molecule has 4 aromatic rings. The molecule has 0 amide bonds. The molecule has 0 saturated heterocycles. The number of aromatic nitrogens is 2. The van der Waals surface area contributed by atoms with E-state index < -0.39 is 21.7 Å². The summed E-state index contributed by atoms with van der Waals surface area (Å²) in [5.74, 6) is -1.54. The number of anilines is 1. The molecule has 1 heterocycles. The van der Waals surface area contributed by atoms with E-state index in [4.69, 9.17) is 0 Å². The van der Waals surface area contributed by atoms with Gasteiger partial charge in [0, 0.05) is 21.8 Å². The van der Waals surface area contributed by atoms with Crippen molar-refractivity contribution in [1.29, 1.82) is 0 Å². The van der Waals surface area contributed by atoms with Gasteiger partial charge in [0.2, 0.25) is 10.0 Å². The van der Waals surface area contributed by atoms with E-state index >= 15 is 0 Å². The Labute approximate surface area is 180 Å². The van der Waals surface area contributed by atoms with E-state index in [0.717, 1.165) is 27.6 Å². The van der Waals surface area contributed by atoms with Crippen LogP contribution in [0.3, 0.4) is 0 Å². The van der Waals surface area contributed by atoms with Crippen LogP contribution < -0.4 is 4.72 Å². The highest BCUT2D eigenvalue weighted by Gasteiger charge is 2.14. The quantitative estimate of drug-likeness (QED) is 0.401. The van der Waals surface area contributed by atoms with Gasteiger partial charge in [-0.1, -0.05) is 15.9 Å². The number of hydrogen-bond acceptors (Lipinski definition) is 3. The van der Waals surface area contributed by atoms with Gasteiger partial charge < -0.3 is 0 Å². The second-order valence-electron chi connectivity index (χ2n) is 6.65. The smallest absolute Gasteiger partial charge is 0.232 e. The van der Waals surface area contributed by atoms with Gasteiger partial charge in [-0.15, -0.1) is 0 Å². The van der Waals surface area contributed by atoms with Gasteiger partial charge in [-0.05, 0) is 61.0 Å². The number of sulfonamides is 1. The number of nitrogens with one attached hydrogen (secondary N) is 1. The highest BCUT2D eigenvalue weighted by Crippen LogP contribution is 2.31. The zero-order valence-corrected chi connectivity index (χ0v) is 18.1. The van der Waals surface area contributed by atoms with Gasteiger partial charge in [0.1, 0.15) is 18.0 Å². The van der Waals surface area contributed by atoms with E-state index in [9.17, 15) is 17.2 Å². The standard InChI is InChI=1S/C21H16BrF2N3O2S/c1-2-30(28,29)26-16-7-13(18-5-4-15(23)10-19(18)24)8-17(11-16)27-12-25-20-9-14(22)3-6-21(20)27/h3-12,26H,2H2,1H3. The molecule has 3 aromatic carbocycles. The first-order chi connectivity index (χ1) is 14.3. The monoisotopic (exact) mass is 491 g/mol. The minimum absolute atomic E-state index is 0.112. The largest absolute Gasteiger partial charge is 0.299 e. The lowest BCUT2D eigenvalue weighted by Crippen LogP contribution is -2.15. The van der Waals surface area contributed by atoms with E-state index in [1.807, 2.05) is 18.2 Å². The van der Waals surface area contributed by atoms with Crippen LogP contribution in [-0.2, 0) is 10.0 Å². The Balaban J connectivity index is 1.93.